The number of benzene rings is 1. The van der Waals surface area contributed by atoms with Crippen LogP contribution in [0, 0.1) is 0 Å². The maximum Gasteiger partial charge on any atom is 0.265 e. The van der Waals surface area contributed by atoms with Gasteiger partial charge in [0.2, 0.25) is 0 Å². The van der Waals surface area contributed by atoms with Crippen molar-refractivity contribution in [3.63, 3.8) is 0 Å². The zero-order valence-electron chi connectivity index (χ0n) is 9.12. The van der Waals surface area contributed by atoms with Gasteiger partial charge in [0, 0.05) is 16.6 Å². The highest BCUT2D eigenvalue weighted by Gasteiger charge is 2.15. The largest absolute Gasteiger partial charge is 0.284 e. The first-order valence-corrected chi connectivity index (χ1v) is 7.50. The Morgan fingerprint density at radius 1 is 1.28 bits per heavy atom. The Bertz CT molecular complexity index is 776. The van der Waals surface area contributed by atoms with Gasteiger partial charge in [-0.05, 0) is 35.0 Å². The van der Waals surface area contributed by atoms with E-state index in [0.29, 0.717) is 5.69 Å². The number of anilines is 1. The molecule has 2 heterocycles. The summed E-state index contributed by atoms with van der Waals surface area (Å²) >= 11 is 1.62. The van der Waals surface area contributed by atoms with Gasteiger partial charge in [-0.2, -0.15) is 5.10 Å². The first kappa shape index (κ1) is 11.2. The van der Waals surface area contributed by atoms with Crippen LogP contribution in [-0.4, -0.2) is 18.6 Å². The topological polar surface area (TPSA) is 74.8 Å². The number of hydrogen-bond donors (Lipinski definition) is 2. The molecule has 2 aromatic heterocycles. The number of fused-ring (bicyclic) bond motifs is 1. The van der Waals surface area contributed by atoms with Crippen LogP contribution in [0.15, 0.2) is 46.9 Å². The Kier molecular flexibility index (Phi) is 2.57. The van der Waals surface area contributed by atoms with Crippen LogP contribution in [0.4, 0.5) is 5.69 Å². The Morgan fingerprint density at radius 3 is 2.94 bits per heavy atom. The quantitative estimate of drug-likeness (QED) is 0.773. The summed E-state index contributed by atoms with van der Waals surface area (Å²) in [6.45, 7) is 0. The molecule has 3 rings (SSSR count). The molecule has 1 aromatic carbocycles. The van der Waals surface area contributed by atoms with Crippen LogP contribution >= 0.6 is 11.3 Å². The Hall–Kier alpha value is -1.86. The average molecular weight is 279 g/mol. The Balaban J connectivity index is 1.97. The minimum absolute atomic E-state index is 0.118. The molecule has 18 heavy (non-hydrogen) atoms. The van der Waals surface area contributed by atoms with Crippen molar-refractivity contribution in [2.45, 2.75) is 4.90 Å². The molecule has 0 amide bonds. The molecule has 3 aromatic rings. The SMILES string of the molecule is O=S(=O)(Nc1ccc2sccc2c1)c1cn[nH]c1. The predicted octanol–water partition coefficient (Wildman–Crippen LogP) is 2.43. The highest BCUT2D eigenvalue weighted by molar-refractivity contribution is 7.92. The van der Waals surface area contributed by atoms with Gasteiger partial charge in [0.05, 0.1) is 6.20 Å². The minimum atomic E-state index is -3.56. The summed E-state index contributed by atoms with van der Waals surface area (Å²) in [5.74, 6) is 0. The number of thiophene rings is 1. The lowest BCUT2D eigenvalue weighted by atomic mass is 10.2. The van der Waals surface area contributed by atoms with E-state index in [1.165, 1.54) is 12.4 Å². The van der Waals surface area contributed by atoms with Gasteiger partial charge in [0.25, 0.3) is 10.0 Å². The molecule has 0 aliphatic carbocycles. The lowest BCUT2D eigenvalue weighted by Gasteiger charge is -2.05. The van der Waals surface area contributed by atoms with Crippen molar-refractivity contribution in [1.29, 1.82) is 0 Å². The summed E-state index contributed by atoms with van der Waals surface area (Å²) in [7, 11) is -3.56. The molecule has 92 valence electrons. The van der Waals surface area contributed by atoms with Crippen molar-refractivity contribution < 1.29 is 8.42 Å². The van der Waals surface area contributed by atoms with Gasteiger partial charge in [-0.3, -0.25) is 9.82 Å². The molecule has 7 heteroatoms. The number of nitrogens with one attached hydrogen (secondary N) is 2. The van der Waals surface area contributed by atoms with E-state index in [1.54, 1.807) is 17.4 Å². The van der Waals surface area contributed by atoms with E-state index >= 15 is 0 Å². The molecule has 0 aliphatic heterocycles. The Morgan fingerprint density at radius 2 is 2.17 bits per heavy atom. The van der Waals surface area contributed by atoms with Crippen molar-refractivity contribution in [2.24, 2.45) is 0 Å². The van der Waals surface area contributed by atoms with Crippen LogP contribution in [0.5, 0.6) is 0 Å². The van der Waals surface area contributed by atoms with Crippen LogP contribution < -0.4 is 4.72 Å². The molecule has 0 spiro atoms. The second-order valence-corrected chi connectivity index (χ2v) is 6.34. The zero-order valence-corrected chi connectivity index (χ0v) is 10.8. The van der Waals surface area contributed by atoms with Gasteiger partial charge in [-0.15, -0.1) is 11.3 Å². The van der Waals surface area contributed by atoms with Gasteiger partial charge in [0.15, 0.2) is 0 Å². The van der Waals surface area contributed by atoms with E-state index in [0.717, 1.165) is 10.1 Å². The third kappa shape index (κ3) is 1.98. The second kappa shape index (κ2) is 4.11. The maximum atomic E-state index is 12.0. The summed E-state index contributed by atoms with van der Waals surface area (Å²) < 4.78 is 27.6. The fourth-order valence-corrected chi connectivity index (χ4v) is 3.36. The van der Waals surface area contributed by atoms with Crippen molar-refractivity contribution in [3.05, 3.63) is 42.0 Å². The number of rotatable bonds is 3. The molecule has 0 fully saturated rings. The van der Waals surface area contributed by atoms with E-state index < -0.39 is 10.0 Å². The molecule has 2 N–H and O–H groups in total. The molecule has 0 saturated heterocycles. The summed E-state index contributed by atoms with van der Waals surface area (Å²) in [4.78, 5) is 0.118. The molecule has 0 saturated carbocycles. The van der Waals surface area contributed by atoms with E-state index in [2.05, 4.69) is 14.9 Å². The predicted molar refractivity (Wildman–Crippen MR) is 71.2 cm³/mol. The van der Waals surface area contributed by atoms with Crippen molar-refractivity contribution in [1.82, 2.24) is 10.2 Å². The zero-order chi connectivity index (χ0) is 12.6. The van der Waals surface area contributed by atoms with Crippen LogP contribution in [0.2, 0.25) is 0 Å². The Labute approximate surface area is 108 Å². The molecule has 0 atom stereocenters. The summed E-state index contributed by atoms with van der Waals surface area (Å²) in [5.41, 5.74) is 0.544. The highest BCUT2D eigenvalue weighted by atomic mass is 32.2. The first-order chi connectivity index (χ1) is 8.65. The standard InChI is InChI=1S/C11H9N3O2S2/c15-18(16,10-6-12-13-7-10)14-9-1-2-11-8(5-9)3-4-17-11/h1-7,14H,(H,12,13). The van der Waals surface area contributed by atoms with Gasteiger partial charge in [-0.25, -0.2) is 8.42 Å². The summed E-state index contributed by atoms with van der Waals surface area (Å²) in [5, 5.41) is 9.10. The third-order valence-corrected chi connectivity index (χ3v) is 4.73. The van der Waals surface area contributed by atoms with Crippen LogP contribution in [0.1, 0.15) is 0 Å². The van der Waals surface area contributed by atoms with Crippen molar-refractivity contribution in [3.8, 4) is 0 Å². The van der Waals surface area contributed by atoms with E-state index in [4.69, 9.17) is 0 Å². The highest BCUT2D eigenvalue weighted by Crippen LogP contribution is 2.25. The molecule has 5 nitrogen and oxygen atoms in total. The van der Waals surface area contributed by atoms with Gasteiger partial charge in [0.1, 0.15) is 4.90 Å². The fourth-order valence-electron chi connectivity index (χ4n) is 1.63. The van der Waals surface area contributed by atoms with Gasteiger partial charge >= 0.3 is 0 Å². The van der Waals surface area contributed by atoms with E-state index in [-0.39, 0.29) is 4.90 Å². The monoisotopic (exact) mass is 279 g/mol. The van der Waals surface area contributed by atoms with Crippen LogP contribution in [-0.2, 0) is 10.0 Å². The second-order valence-electron chi connectivity index (χ2n) is 3.71. The van der Waals surface area contributed by atoms with E-state index in [1.807, 2.05) is 23.6 Å². The molecular formula is C11H9N3O2S2. The van der Waals surface area contributed by atoms with Crippen molar-refractivity contribution >= 4 is 37.1 Å². The molecule has 0 bridgehead atoms. The minimum Gasteiger partial charge on any atom is -0.284 e. The number of nitrogens with zero attached hydrogens (tertiary/aromatic N) is 1. The van der Waals surface area contributed by atoms with Crippen LogP contribution in [0.25, 0.3) is 10.1 Å². The number of aromatic amines is 1. The smallest absolute Gasteiger partial charge is 0.265 e. The van der Waals surface area contributed by atoms with E-state index in [9.17, 15) is 8.42 Å². The lowest BCUT2D eigenvalue weighted by molar-refractivity contribution is 0.601. The molecule has 0 radical (unpaired) electrons. The summed E-state index contributed by atoms with van der Waals surface area (Å²) in [6.07, 6.45) is 2.61. The van der Waals surface area contributed by atoms with Crippen molar-refractivity contribution in [2.75, 3.05) is 4.72 Å². The number of H-pyrrole nitrogens is 1. The number of hydrogen-bond acceptors (Lipinski definition) is 4. The fraction of sp³-hybridized carbons (Fsp3) is 0. The molecule has 0 unspecified atom stereocenters. The number of aromatic nitrogens is 2. The van der Waals surface area contributed by atoms with Gasteiger partial charge in [-0.1, -0.05) is 0 Å². The lowest BCUT2D eigenvalue weighted by Crippen LogP contribution is -2.11. The third-order valence-electron chi connectivity index (χ3n) is 2.49. The average Bonchev–Trinajstić information content (AvgIpc) is 2.99. The summed E-state index contributed by atoms with van der Waals surface area (Å²) in [6, 6.07) is 7.41. The van der Waals surface area contributed by atoms with Crippen LogP contribution in [0.3, 0.4) is 0 Å². The van der Waals surface area contributed by atoms with Gasteiger partial charge < -0.3 is 0 Å². The normalized spacial score (nSPS) is 11.8. The maximum absolute atomic E-state index is 12.0. The first-order valence-electron chi connectivity index (χ1n) is 5.14. The molecule has 0 aliphatic rings. The number of sulfonamides is 1. The molecular weight excluding hydrogens is 270 g/mol.